The molecule has 2 nitrogen and oxygen atoms in total. The molecule has 1 fully saturated rings. The van der Waals surface area contributed by atoms with E-state index in [1.54, 1.807) is 0 Å². The molecule has 0 aliphatic carbocycles. The average molecular weight is 311 g/mol. The lowest BCUT2D eigenvalue weighted by molar-refractivity contribution is 0.177. The highest BCUT2D eigenvalue weighted by Crippen LogP contribution is 2.23. The summed E-state index contributed by atoms with van der Waals surface area (Å²) < 4.78 is 1.19. The van der Waals surface area contributed by atoms with E-state index < -0.39 is 0 Å². The molecule has 100 valence electrons. The Hall–Kier alpha value is -0.540. The van der Waals surface area contributed by atoms with Gasteiger partial charge in [-0.15, -0.1) is 0 Å². The van der Waals surface area contributed by atoms with Crippen molar-refractivity contribution in [3.05, 3.63) is 28.2 Å². The third-order valence-electron chi connectivity index (χ3n) is 3.80. The van der Waals surface area contributed by atoms with Crippen LogP contribution in [0.25, 0.3) is 0 Å². The minimum absolute atomic E-state index is 0.620. The lowest BCUT2D eigenvalue weighted by Gasteiger charge is -2.35. The molecule has 0 amide bonds. The van der Waals surface area contributed by atoms with E-state index in [4.69, 9.17) is 0 Å². The summed E-state index contributed by atoms with van der Waals surface area (Å²) in [7, 11) is 0. The number of aryl methyl sites for hydroxylation is 1. The van der Waals surface area contributed by atoms with Crippen LogP contribution in [0.5, 0.6) is 0 Å². The molecule has 1 heterocycles. The SMILES string of the molecule is Cc1ccc(NC2CCN(C(C)C)CC2)cc1Br. The van der Waals surface area contributed by atoms with Crippen molar-refractivity contribution in [3.63, 3.8) is 0 Å². The molecule has 1 aromatic carbocycles. The van der Waals surface area contributed by atoms with Crippen LogP contribution < -0.4 is 5.32 Å². The molecular weight excluding hydrogens is 288 g/mol. The molecule has 1 aromatic rings. The van der Waals surface area contributed by atoms with Crippen LogP contribution in [-0.4, -0.2) is 30.1 Å². The fourth-order valence-electron chi connectivity index (χ4n) is 2.48. The highest BCUT2D eigenvalue weighted by molar-refractivity contribution is 9.10. The standard InChI is InChI=1S/C15H23BrN2/c1-11(2)18-8-6-13(7-9-18)17-14-5-4-12(3)15(16)10-14/h4-5,10-11,13,17H,6-9H2,1-3H3. The van der Waals surface area contributed by atoms with Gasteiger partial charge in [0.15, 0.2) is 0 Å². The second-order valence-electron chi connectivity index (χ2n) is 5.51. The number of benzene rings is 1. The van der Waals surface area contributed by atoms with Crippen LogP contribution in [0.15, 0.2) is 22.7 Å². The summed E-state index contributed by atoms with van der Waals surface area (Å²) >= 11 is 3.59. The fraction of sp³-hybridized carbons (Fsp3) is 0.600. The quantitative estimate of drug-likeness (QED) is 0.906. The minimum atomic E-state index is 0.620. The number of hydrogen-bond acceptors (Lipinski definition) is 2. The third-order valence-corrected chi connectivity index (χ3v) is 4.66. The molecule has 1 aliphatic heterocycles. The summed E-state index contributed by atoms with van der Waals surface area (Å²) in [5.41, 5.74) is 2.52. The van der Waals surface area contributed by atoms with Crippen LogP contribution in [0, 0.1) is 6.92 Å². The normalized spacial score (nSPS) is 18.3. The van der Waals surface area contributed by atoms with E-state index in [0.29, 0.717) is 12.1 Å². The zero-order valence-electron chi connectivity index (χ0n) is 11.5. The van der Waals surface area contributed by atoms with Crippen LogP contribution in [0.2, 0.25) is 0 Å². The second kappa shape index (κ2) is 6.07. The Kier molecular flexibility index (Phi) is 4.68. The van der Waals surface area contributed by atoms with E-state index in [9.17, 15) is 0 Å². The van der Waals surface area contributed by atoms with E-state index in [-0.39, 0.29) is 0 Å². The third kappa shape index (κ3) is 3.48. The number of anilines is 1. The van der Waals surface area contributed by atoms with Gasteiger partial charge in [0, 0.05) is 35.3 Å². The number of nitrogens with zero attached hydrogens (tertiary/aromatic N) is 1. The van der Waals surface area contributed by atoms with Crippen molar-refractivity contribution < 1.29 is 0 Å². The molecule has 0 saturated carbocycles. The van der Waals surface area contributed by atoms with Crippen molar-refractivity contribution >= 4 is 21.6 Å². The summed E-state index contributed by atoms with van der Waals surface area (Å²) in [5, 5.41) is 3.65. The number of piperidine rings is 1. The molecule has 18 heavy (non-hydrogen) atoms. The molecule has 1 aliphatic rings. The second-order valence-corrected chi connectivity index (χ2v) is 6.37. The average Bonchev–Trinajstić information content (AvgIpc) is 2.34. The molecule has 1 N–H and O–H groups in total. The molecule has 0 bridgehead atoms. The van der Waals surface area contributed by atoms with E-state index in [2.05, 4.69) is 65.1 Å². The largest absolute Gasteiger partial charge is 0.382 e. The Bertz CT molecular complexity index is 395. The van der Waals surface area contributed by atoms with Crippen molar-refractivity contribution in [1.29, 1.82) is 0 Å². The van der Waals surface area contributed by atoms with E-state index in [0.717, 1.165) is 0 Å². The van der Waals surface area contributed by atoms with Gasteiger partial charge in [0.25, 0.3) is 0 Å². The number of halogens is 1. The van der Waals surface area contributed by atoms with Gasteiger partial charge in [0.2, 0.25) is 0 Å². The summed E-state index contributed by atoms with van der Waals surface area (Å²) in [5.74, 6) is 0. The molecule has 1 saturated heterocycles. The van der Waals surface area contributed by atoms with Crippen molar-refractivity contribution in [2.45, 2.75) is 45.7 Å². The van der Waals surface area contributed by atoms with Gasteiger partial charge in [-0.3, -0.25) is 0 Å². The van der Waals surface area contributed by atoms with Gasteiger partial charge < -0.3 is 10.2 Å². The Morgan fingerprint density at radius 3 is 2.50 bits per heavy atom. The first kappa shape index (κ1) is 13.9. The highest BCUT2D eigenvalue weighted by Gasteiger charge is 2.20. The maximum absolute atomic E-state index is 3.65. The van der Waals surface area contributed by atoms with E-state index >= 15 is 0 Å². The summed E-state index contributed by atoms with van der Waals surface area (Å²) in [4.78, 5) is 2.56. The Balaban J connectivity index is 1.89. The van der Waals surface area contributed by atoms with Crippen molar-refractivity contribution in [3.8, 4) is 0 Å². The molecule has 0 radical (unpaired) electrons. The first-order chi connectivity index (χ1) is 8.56. The van der Waals surface area contributed by atoms with Gasteiger partial charge in [-0.25, -0.2) is 0 Å². The zero-order valence-corrected chi connectivity index (χ0v) is 13.1. The van der Waals surface area contributed by atoms with Crippen molar-refractivity contribution in [1.82, 2.24) is 4.90 Å². The maximum Gasteiger partial charge on any atom is 0.0353 e. The maximum atomic E-state index is 3.65. The highest BCUT2D eigenvalue weighted by atomic mass is 79.9. The zero-order chi connectivity index (χ0) is 13.1. The van der Waals surface area contributed by atoms with Gasteiger partial charge >= 0.3 is 0 Å². The van der Waals surface area contributed by atoms with Crippen LogP contribution >= 0.6 is 15.9 Å². The fourth-order valence-corrected chi connectivity index (χ4v) is 2.86. The van der Waals surface area contributed by atoms with Crippen LogP contribution in [0.3, 0.4) is 0 Å². The Labute approximate surface area is 119 Å². The smallest absolute Gasteiger partial charge is 0.0353 e. The lowest BCUT2D eigenvalue weighted by Crippen LogP contribution is -2.42. The number of hydrogen-bond donors (Lipinski definition) is 1. The summed E-state index contributed by atoms with van der Waals surface area (Å²) in [6.45, 7) is 9.11. The molecule has 3 heteroatoms. The first-order valence-corrected chi connectivity index (χ1v) is 7.62. The summed E-state index contributed by atoms with van der Waals surface area (Å²) in [6.07, 6.45) is 2.48. The lowest BCUT2D eigenvalue weighted by atomic mass is 10.0. The predicted octanol–water partition coefficient (Wildman–Crippen LogP) is 4.04. The Morgan fingerprint density at radius 1 is 1.28 bits per heavy atom. The van der Waals surface area contributed by atoms with E-state index in [1.807, 2.05) is 0 Å². The monoisotopic (exact) mass is 310 g/mol. The molecule has 0 atom stereocenters. The van der Waals surface area contributed by atoms with Crippen LogP contribution in [-0.2, 0) is 0 Å². The van der Waals surface area contributed by atoms with Gasteiger partial charge in [-0.1, -0.05) is 22.0 Å². The van der Waals surface area contributed by atoms with Gasteiger partial charge in [-0.2, -0.15) is 0 Å². The van der Waals surface area contributed by atoms with Gasteiger partial charge in [0.05, 0.1) is 0 Å². The summed E-state index contributed by atoms with van der Waals surface area (Å²) in [6, 6.07) is 7.82. The number of rotatable bonds is 3. The van der Waals surface area contributed by atoms with Gasteiger partial charge in [0.1, 0.15) is 0 Å². The molecule has 0 aromatic heterocycles. The van der Waals surface area contributed by atoms with Crippen LogP contribution in [0.4, 0.5) is 5.69 Å². The first-order valence-electron chi connectivity index (χ1n) is 6.83. The van der Waals surface area contributed by atoms with Crippen molar-refractivity contribution in [2.75, 3.05) is 18.4 Å². The molecule has 0 unspecified atom stereocenters. The van der Waals surface area contributed by atoms with Crippen LogP contribution in [0.1, 0.15) is 32.3 Å². The predicted molar refractivity (Wildman–Crippen MR) is 82.2 cm³/mol. The van der Waals surface area contributed by atoms with Gasteiger partial charge in [-0.05, 0) is 51.3 Å². The van der Waals surface area contributed by atoms with Crippen molar-refractivity contribution in [2.24, 2.45) is 0 Å². The molecular formula is C15H23BrN2. The molecule has 0 spiro atoms. The topological polar surface area (TPSA) is 15.3 Å². The minimum Gasteiger partial charge on any atom is -0.382 e. The molecule has 2 rings (SSSR count). The number of likely N-dealkylation sites (tertiary alicyclic amines) is 1. The van der Waals surface area contributed by atoms with E-state index in [1.165, 1.54) is 41.7 Å². The Morgan fingerprint density at radius 2 is 1.94 bits per heavy atom. The number of nitrogens with one attached hydrogen (secondary N) is 1.